The molecule has 0 radical (unpaired) electrons. The van der Waals surface area contributed by atoms with E-state index in [0.29, 0.717) is 0 Å². The lowest BCUT2D eigenvalue weighted by Gasteiger charge is -2.12. The molecule has 0 bridgehead atoms. The Morgan fingerprint density at radius 1 is 0.944 bits per heavy atom. The maximum Gasteiger partial charge on any atom is 0.339 e. The van der Waals surface area contributed by atoms with Gasteiger partial charge in [-0.25, -0.2) is 25.0 Å². The van der Waals surface area contributed by atoms with Crippen LogP contribution in [0.1, 0.15) is 10.4 Å². The van der Waals surface area contributed by atoms with Gasteiger partial charge in [0.25, 0.3) is 21.5 Å². The lowest BCUT2D eigenvalue weighted by Crippen LogP contribution is -2.22. The fourth-order valence-electron chi connectivity index (χ4n) is 2.84. The van der Waals surface area contributed by atoms with Gasteiger partial charge in [0.2, 0.25) is 0 Å². The van der Waals surface area contributed by atoms with E-state index in [1.807, 2.05) is 0 Å². The molecule has 0 heterocycles. The highest BCUT2D eigenvalue weighted by Crippen LogP contribution is 2.16. The number of carbonyl (C=O) groups is 1. The second-order valence-electron chi connectivity index (χ2n) is 6.52. The minimum Gasteiger partial charge on any atom is -0.492 e. The molecule has 2 N–H and O–H groups in total. The Hall–Kier alpha value is -4.92. The lowest BCUT2D eigenvalue weighted by atomic mass is 10.1. The smallest absolute Gasteiger partial charge is 0.339 e. The minimum atomic E-state index is -4.68. The van der Waals surface area contributed by atoms with Crippen molar-refractivity contribution in [3.8, 4) is 23.6 Å². The van der Waals surface area contributed by atoms with Crippen LogP contribution in [0.3, 0.4) is 0 Å². The van der Waals surface area contributed by atoms with E-state index in [1.54, 1.807) is 12.1 Å². The molecular weight excluding hydrogens is 492 g/mol. The number of carbonyl (C=O) groups excluding carboxylic acids is 1. The molecule has 0 unspecified atom stereocenters. The van der Waals surface area contributed by atoms with Gasteiger partial charge in [-0.2, -0.15) is 8.42 Å². The first kappa shape index (κ1) is 27.3. The molecule has 12 nitrogen and oxygen atoms in total. The molecule has 2 aromatic rings. The first-order valence-electron chi connectivity index (χ1n) is 9.79. The third-order valence-corrected chi connectivity index (χ3v) is 5.25. The van der Waals surface area contributed by atoms with Crippen molar-refractivity contribution in [2.75, 3.05) is 26.4 Å². The lowest BCUT2D eigenvalue weighted by molar-refractivity contribution is 0.0445. The van der Waals surface area contributed by atoms with Crippen LogP contribution in [-0.2, 0) is 14.9 Å². The van der Waals surface area contributed by atoms with Gasteiger partial charge in [0, 0.05) is 10.4 Å². The van der Waals surface area contributed by atoms with E-state index >= 15 is 0 Å². The minimum absolute atomic E-state index is 0.0129. The summed E-state index contributed by atoms with van der Waals surface area (Å²) >= 11 is 0. The van der Waals surface area contributed by atoms with E-state index < -0.39 is 38.9 Å². The summed E-state index contributed by atoms with van der Waals surface area (Å²) in [4.78, 5) is 17.9. The highest BCUT2D eigenvalue weighted by Gasteiger charge is 2.21. The highest BCUT2D eigenvalue weighted by atomic mass is 32.2. The molecule has 0 amide bonds. The maximum absolute atomic E-state index is 12.3. The first-order valence-corrected chi connectivity index (χ1v) is 11.2. The van der Waals surface area contributed by atoms with E-state index in [1.165, 1.54) is 24.3 Å². The molecule has 0 spiro atoms. The van der Waals surface area contributed by atoms with Crippen molar-refractivity contribution < 1.29 is 37.1 Å². The second kappa shape index (κ2) is 12.5. The summed E-state index contributed by atoms with van der Waals surface area (Å²) in [7, 11) is -4.68. The number of aliphatic hydroxyl groups excluding tert-OH is 1. The van der Waals surface area contributed by atoms with Crippen LogP contribution in [0.5, 0.6) is 11.5 Å². The van der Waals surface area contributed by atoms with Crippen LogP contribution >= 0.6 is 0 Å². The molecule has 0 aliphatic heterocycles. The van der Waals surface area contributed by atoms with Gasteiger partial charge >= 0.3 is 5.97 Å². The molecule has 0 fully saturated rings. The van der Waals surface area contributed by atoms with E-state index in [-0.39, 0.29) is 47.5 Å². The van der Waals surface area contributed by atoms with E-state index in [4.69, 9.17) is 32.5 Å². The van der Waals surface area contributed by atoms with Gasteiger partial charge in [-0.15, -0.1) is 0 Å². The Morgan fingerprint density at radius 3 is 1.94 bits per heavy atom. The maximum atomic E-state index is 12.3. The zero-order chi connectivity index (χ0) is 26.7. The Morgan fingerprint density at radius 2 is 1.47 bits per heavy atom. The number of benzene rings is 2. The Bertz CT molecular complexity index is 1540. The van der Waals surface area contributed by atoms with Crippen molar-refractivity contribution in [1.29, 1.82) is 10.5 Å². The summed E-state index contributed by atoms with van der Waals surface area (Å²) in [6, 6.07) is 10.7. The van der Waals surface area contributed by atoms with Gasteiger partial charge in [0.05, 0.1) is 37.5 Å². The predicted molar refractivity (Wildman–Crippen MR) is 122 cm³/mol. The molecule has 0 atom stereocenters. The van der Waals surface area contributed by atoms with Crippen molar-refractivity contribution in [3.05, 3.63) is 75.2 Å². The Balaban J connectivity index is 2.41. The number of aliphatic hydroxyl groups is 1. The molecule has 0 saturated carbocycles. The second-order valence-corrected chi connectivity index (χ2v) is 7.91. The van der Waals surface area contributed by atoms with Gasteiger partial charge in [0.15, 0.2) is 0 Å². The average Bonchev–Trinajstić information content (AvgIpc) is 2.87. The van der Waals surface area contributed by atoms with Crippen molar-refractivity contribution in [2.24, 2.45) is 0 Å². The van der Waals surface area contributed by atoms with Crippen LogP contribution in [0.15, 0.2) is 41.3 Å². The van der Waals surface area contributed by atoms with Gasteiger partial charge in [-0.05, 0) is 24.3 Å². The van der Waals surface area contributed by atoms with Gasteiger partial charge in [-0.3, -0.25) is 4.55 Å². The number of esters is 1. The van der Waals surface area contributed by atoms with E-state index in [2.05, 4.69) is 9.69 Å². The van der Waals surface area contributed by atoms with Crippen molar-refractivity contribution >= 4 is 27.5 Å². The molecule has 182 valence electrons. The van der Waals surface area contributed by atoms with Crippen molar-refractivity contribution in [3.63, 3.8) is 0 Å². The van der Waals surface area contributed by atoms with Crippen molar-refractivity contribution in [2.45, 2.75) is 4.90 Å². The fraction of sp³-hybridized carbons (Fsp3) is 0.174. The fourth-order valence-corrected chi connectivity index (χ4v) is 3.52. The summed E-state index contributed by atoms with van der Waals surface area (Å²) in [5, 5.41) is 27.6. The van der Waals surface area contributed by atoms with E-state index in [9.17, 15) is 28.3 Å². The first-order chi connectivity index (χ1) is 17.2. The number of ether oxygens (including phenoxy) is 3. The highest BCUT2D eigenvalue weighted by molar-refractivity contribution is 7.86. The quantitative estimate of drug-likeness (QED) is 0.212. The molecule has 36 heavy (non-hydrogen) atoms. The molecule has 2 rings (SSSR count). The molecule has 0 aromatic heterocycles. The third kappa shape index (κ3) is 6.57. The molecule has 0 aliphatic rings. The SMILES string of the molecule is [C-]#[N+]/C(C#N)=c1/cc(OCCOC(=O)c2ccccc2S(=O)(=O)O)/c(=C(\C#N)[N+]#[C-])cc1OCCO. The predicted octanol–water partition coefficient (Wildman–Crippen LogP) is 0.642. The number of nitrogens with zero attached hydrogens (tertiary/aromatic N) is 4. The van der Waals surface area contributed by atoms with Crippen LogP contribution in [-0.4, -0.2) is 50.5 Å². The van der Waals surface area contributed by atoms with Gasteiger partial charge in [-0.1, -0.05) is 12.1 Å². The summed E-state index contributed by atoms with van der Waals surface area (Å²) in [5.74, 6) is -1.19. The monoisotopic (exact) mass is 508 g/mol. The Labute approximate surface area is 205 Å². The third-order valence-electron chi connectivity index (χ3n) is 4.34. The zero-order valence-electron chi connectivity index (χ0n) is 18.3. The standard InChI is InChI=1S/C23H16N4O8S/c1-26-18(13-24)16-12-21(17(19(14-25)27-2)11-20(16)33-8-7-28)34-9-10-35-23(29)15-5-3-4-6-22(15)36(30,31)32/h3-6,11-12,28H,7-10H2,(H,30,31,32)/b18-16-,19-17+. The molecule has 0 saturated heterocycles. The van der Waals surface area contributed by atoms with Crippen LogP contribution in [0.25, 0.3) is 21.1 Å². The van der Waals surface area contributed by atoms with Crippen LogP contribution < -0.4 is 19.9 Å². The average molecular weight is 508 g/mol. The molecule has 0 aliphatic carbocycles. The summed E-state index contributed by atoms with van der Waals surface area (Å²) in [6.07, 6.45) is 0. The molecule has 13 heteroatoms. The molecule has 2 aromatic carbocycles. The number of hydrogen-bond acceptors (Lipinski definition) is 9. The zero-order valence-corrected chi connectivity index (χ0v) is 19.2. The molecular formula is C23H16N4O8S. The summed E-state index contributed by atoms with van der Waals surface area (Å²) in [6.45, 7) is 13.1. The number of hydrogen-bond donors (Lipinski definition) is 2. The van der Waals surface area contributed by atoms with Crippen LogP contribution in [0.2, 0.25) is 0 Å². The summed E-state index contributed by atoms with van der Waals surface area (Å²) < 4.78 is 48.1. The van der Waals surface area contributed by atoms with Crippen LogP contribution in [0.4, 0.5) is 0 Å². The normalized spacial score (nSPS) is 12.1. The van der Waals surface area contributed by atoms with Gasteiger partial charge < -0.3 is 19.3 Å². The van der Waals surface area contributed by atoms with Crippen LogP contribution in [0, 0.1) is 35.8 Å². The number of nitriles is 2. The topological polar surface area (TPSA) is 176 Å². The van der Waals surface area contributed by atoms with Crippen molar-refractivity contribution in [1.82, 2.24) is 0 Å². The summed E-state index contributed by atoms with van der Waals surface area (Å²) in [5.41, 5.74) is -1.17. The number of rotatable bonds is 9. The Kier molecular flexibility index (Phi) is 9.50. The van der Waals surface area contributed by atoms with Gasteiger partial charge in [0.1, 0.15) is 36.2 Å². The van der Waals surface area contributed by atoms with E-state index in [0.717, 1.165) is 12.1 Å². The largest absolute Gasteiger partial charge is 0.492 e.